The molecule has 17 nitrogen and oxygen atoms in total. The van der Waals surface area contributed by atoms with Gasteiger partial charge in [-0.25, -0.2) is 9.78 Å². The normalized spacial score (nSPS) is 21.4. The fraction of sp³-hybridized carbons (Fsp3) is 0.543. The van der Waals surface area contributed by atoms with Crippen LogP contribution in [0.3, 0.4) is 0 Å². The number of alkyl halides is 2. The number of carbonyl (C=O) groups is 4. The highest BCUT2D eigenvalue weighted by molar-refractivity contribution is 6.02. The van der Waals surface area contributed by atoms with E-state index in [0.29, 0.717) is 34.9 Å². The first-order valence-corrected chi connectivity index (χ1v) is 22.9. The van der Waals surface area contributed by atoms with Crippen LogP contribution >= 0.6 is 0 Å². The molecule has 19 heteroatoms. The van der Waals surface area contributed by atoms with Gasteiger partial charge in [0.15, 0.2) is 5.82 Å². The molecule has 0 bridgehead atoms. The number of piperidine rings is 3. The zero-order chi connectivity index (χ0) is 45.6. The summed E-state index contributed by atoms with van der Waals surface area (Å²) in [7, 11) is 4.56. The Morgan fingerprint density at radius 2 is 1.69 bits per heavy atom. The maximum Gasteiger partial charge on any atom is 0.342 e. The van der Waals surface area contributed by atoms with Crippen molar-refractivity contribution in [1.82, 2.24) is 34.6 Å². The molecule has 0 spiro atoms. The SMILES string of the molecule is COc1cc(C(=O)NC2CCN(CCC3CCN(c4cccc5c4n(C)c(=O)n5C4CCC(=O)NC4=O)CC3)CC2)ccc1Nc1ncc2c(n1)N(C1CCCC1)CC(F)(F)C(=O)N2C. The number of halogens is 2. The third-order valence-corrected chi connectivity index (χ3v) is 14.2. The quantitative estimate of drug-likeness (QED) is 0.177. The van der Waals surface area contributed by atoms with E-state index in [-0.39, 0.29) is 53.5 Å². The number of methoxy groups -OCH3 is 1. The van der Waals surface area contributed by atoms with Gasteiger partial charge in [0.25, 0.3) is 11.8 Å². The van der Waals surface area contributed by atoms with Gasteiger partial charge in [0.2, 0.25) is 17.8 Å². The number of hydrogen-bond donors (Lipinski definition) is 3. The number of carbonyl (C=O) groups excluding carboxylic acids is 4. The summed E-state index contributed by atoms with van der Waals surface area (Å²) >= 11 is 0. The number of fused-ring (bicyclic) bond motifs is 2. The van der Waals surface area contributed by atoms with E-state index in [1.54, 1.807) is 34.7 Å². The third-order valence-electron chi connectivity index (χ3n) is 14.2. The summed E-state index contributed by atoms with van der Waals surface area (Å²) in [6, 6.07) is 10.1. The minimum absolute atomic E-state index is 0.0301. The van der Waals surface area contributed by atoms with Gasteiger partial charge in [-0.3, -0.25) is 33.6 Å². The second-order valence-corrected chi connectivity index (χ2v) is 18.2. The van der Waals surface area contributed by atoms with E-state index >= 15 is 8.78 Å². The number of ether oxygens (including phenoxy) is 1. The number of benzene rings is 2. The Labute approximate surface area is 375 Å². The van der Waals surface area contributed by atoms with Gasteiger partial charge in [0.05, 0.1) is 42.3 Å². The lowest BCUT2D eigenvalue weighted by Gasteiger charge is -2.36. The number of anilines is 5. The molecule has 1 saturated carbocycles. The van der Waals surface area contributed by atoms with E-state index in [9.17, 15) is 24.0 Å². The Hall–Kier alpha value is -6.11. The summed E-state index contributed by atoms with van der Waals surface area (Å²) < 4.78 is 39.0. The smallest absolute Gasteiger partial charge is 0.342 e. The van der Waals surface area contributed by atoms with Crippen LogP contribution in [-0.4, -0.2) is 119 Å². The van der Waals surface area contributed by atoms with Crippen molar-refractivity contribution >= 4 is 63.5 Å². The zero-order valence-corrected chi connectivity index (χ0v) is 37.2. The topological polar surface area (TPSA) is 179 Å². The Balaban J connectivity index is 0.761. The molecule has 2 aromatic heterocycles. The van der Waals surface area contributed by atoms with Gasteiger partial charge in [-0.15, -0.1) is 0 Å². The van der Waals surface area contributed by atoms with Crippen molar-refractivity contribution in [1.29, 1.82) is 0 Å². The van der Waals surface area contributed by atoms with Crippen molar-refractivity contribution in [3.05, 3.63) is 58.6 Å². The standard InChI is InChI=1S/C46H57F2N11O6/c1-54-36-26-49-44(53-40(36)58(31-7-4-5-8-31)27-46(47,48)43(54)63)51-32-12-11-29(25-37(32)65-3)41(61)50-30-18-21-56(22-19-30)20-15-28-16-23-57(24-17-28)33-9-6-10-34-39(33)55(2)45(64)59(34)35-13-14-38(60)52-42(35)62/h6,9-12,25-26,28,30-31,35H,4-5,7-8,13-24,27H2,1-3H3,(H,50,61)(H,49,51,53)(H,52,60,62). The predicted molar refractivity (Wildman–Crippen MR) is 241 cm³/mol. The van der Waals surface area contributed by atoms with E-state index in [1.807, 2.05) is 18.2 Å². The predicted octanol–water partition coefficient (Wildman–Crippen LogP) is 4.72. The van der Waals surface area contributed by atoms with Gasteiger partial charge in [-0.05, 0) is 94.2 Å². The maximum atomic E-state index is 15.1. The first-order valence-electron chi connectivity index (χ1n) is 22.9. The van der Waals surface area contributed by atoms with Crippen LogP contribution in [-0.2, 0) is 21.4 Å². The lowest BCUT2D eigenvalue weighted by atomic mass is 9.92. The summed E-state index contributed by atoms with van der Waals surface area (Å²) in [5.41, 5.74) is 3.36. The molecule has 0 radical (unpaired) electrons. The fourth-order valence-corrected chi connectivity index (χ4v) is 10.5. The first-order chi connectivity index (χ1) is 31.3. The van der Waals surface area contributed by atoms with Crippen LogP contribution in [0.4, 0.5) is 37.6 Å². The Kier molecular flexibility index (Phi) is 12.2. The van der Waals surface area contributed by atoms with Gasteiger partial charge in [-0.2, -0.15) is 13.8 Å². The van der Waals surface area contributed by atoms with Crippen molar-refractivity contribution in [2.45, 2.75) is 94.7 Å². The molecule has 4 amide bonds. The first kappa shape index (κ1) is 44.1. The van der Waals surface area contributed by atoms with E-state index in [0.717, 1.165) is 107 Å². The number of rotatable bonds is 11. The Bertz CT molecular complexity index is 2540. The molecule has 3 N–H and O–H groups in total. The lowest BCUT2D eigenvalue weighted by molar-refractivity contribution is -0.140. The molecule has 4 aromatic rings. The van der Waals surface area contributed by atoms with E-state index in [4.69, 9.17) is 4.74 Å². The summed E-state index contributed by atoms with van der Waals surface area (Å²) in [6.45, 7) is 3.74. The van der Waals surface area contributed by atoms with Gasteiger partial charge >= 0.3 is 11.6 Å². The summed E-state index contributed by atoms with van der Waals surface area (Å²) in [6.07, 6.45) is 10.0. The number of nitrogens with one attached hydrogen (secondary N) is 3. The van der Waals surface area contributed by atoms with Crippen molar-refractivity contribution in [2.24, 2.45) is 13.0 Å². The van der Waals surface area contributed by atoms with Gasteiger partial charge < -0.3 is 35.0 Å². The largest absolute Gasteiger partial charge is 0.495 e. The summed E-state index contributed by atoms with van der Waals surface area (Å²) in [5.74, 6) is -4.45. The number of nitrogens with zero attached hydrogens (tertiary/aromatic N) is 8. The molecular weight excluding hydrogens is 841 g/mol. The second kappa shape index (κ2) is 18.0. The van der Waals surface area contributed by atoms with E-state index < -0.39 is 30.3 Å². The number of aromatic nitrogens is 4. The highest BCUT2D eigenvalue weighted by atomic mass is 19.3. The van der Waals surface area contributed by atoms with Gasteiger partial charge in [-0.1, -0.05) is 18.9 Å². The highest BCUT2D eigenvalue weighted by Crippen LogP contribution is 2.40. The number of aryl methyl sites for hydroxylation is 1. The zero-order valence-electron chi connectivity index (χ0n) is 37.2. The molecule has 3 saturated heterocycles. The molecule has 2 aromatic carbocycles. The molecule has 6 heterocycles. The average Bonchev–Trinajstić information content (AvgIpc) is 3.92. The number of hydrogen-bond acceptors (Lipinski definition) is 12. The van der Waals surface area contributed by atoms with Crippen molar-refractivity contribution in [3.8, 4) is 5.75 Å². The van der Waals surface area contributed by atoms with Crippen molar-refractivity contribution in [2.75, 3.05) is 73.4 Å². The number of likely N-dealkylation sites (tertiary alicyclic amines) is 1. The minimum Gasteiger partial charge on any atom is -0.495 e. The number of imide groups is 1. The molecule has 1 aliphatic carbocycles. The van der Waals surface area contributed by atoms with Gasteiger partial charge in [0, 0.05) is 64.3 Å². The third kappa shape index (κ3) is 8.73. The molecule has 65 heavy (non-hydrogen) atoms. The number of amides is 4. The molecule has 4 fully saturated rings. The monoisotopic (exact) mass is 897 g/mol. The van der Waals surface area contributed by atoms with E-state index in [1.165, 1.54) is 24.9 Å². The average molecular weight is 898 g/mol. The fourth-order valence-electron chi connectivity index (χ4n) is 10.5. The van der Waals surface area contributed by atoms with Crippen LogP contribution in [0.15, 0.2) is 47.4 Å². The lowest BCUT2D eigenvalue weighted by Crippen LogP contribution is -2.48. The summed E-state index contributed by atoms with van der Waals surface area (Å²) in [4.78, 5) is 80.5. The Morgan fingerprint density at radius 3 is 2.42 bits per heavy atom. The Morgan fingerprint density at radius 1 is 0.938 bits per heavy atom. The molecule has 1 unspecified atom stereocenters. The van der Waals surface area contributed by atoms with Crippen LogP contribution in [0.5, 0.6) is 5.75 Å². The summed E-state index contributed by atoms with van der Waals surface area (Å²) in [5, 5.41) is 8.73. The van der Waals surface area contributed by atoms with E-state index in [2.05, 4.69) is 35.7 Å². The molecule has 9 rings (SSSR count). The maximum absolute atomic E-state index is 15.1. The molecule has 5 aliphatic rings. The molecule has 4 aliphatic heterocycles. The van der Waals surface area contributed by atoms with Crippen molar-refractivity contribution in [3.63, 3.8) is 0 Å². The van der Waals surface area contributed by atoms with Crippen LogP contribution in [0.1, 0.15) is 87.0 Å². The van der Waals surface area contributed by atoms with Crippen LogP contribution in [0.25, 0.3) is 11.0 Å². The van der Waals surface area contributed by atoms with Crippen LogP contribution < -0.4 is 41.1 Å². The molecule has 1 atom stereocenters. The number of imidazole rings is 1. The van der Waals surface area contributed by atoms with Gasteiger partial charge in [0.1, 0.15) is 17.5 Å². The van der Waals surface area contributed by atoms with Crippen LogP contribution in [0.2, 0.25) is 0 Å². The van der Waals surface area contributed by atoms with Crippen molar-refractivity contribution < 1.29 is 32.7 Å². The molecule has 346 valence electrons. The number of para-hydroxylation sites is 1. The molecular formula is C46H57F2N11O6. The minimum atomic E-state index is -3.58. The second-order valence-electron chi connectivity index (χ2n) is 18.2. The van der Waals surface area contributed by atoms with Crippen LogP contribution in [0, 0.1) is 5.92 Å². The highest BCUT2D eigenvalue weighted by Gasteiger charge is 2.49.